The Morgan fingerprint density at radius 1 is 0.427 bits per heavy atom. The van der Waals surface area contributed by atoms with Gasteiger partial charge in [-0.1, -0.05) is 242 Å². The van der Waals surface area contributed by atoms with Crippen molar-refractivity contribution < 1.29 is 0 Å². The van der Waals surface area contributed by atoms with E-state index in [2.05, 4.69) is 254 Å². The molecule has 4 heteroatoms. The molecule has 5 aromatic carbocycles. The van der Waals surface area contributed by atoms with Crippen LogP contribution in [-0.4, -0.2) is 4.83 Å². The van der Waals surface area contributed by atoms with E-state index >= 15 is 0 Å². The van der Waals surface area contributed by atoms with E-state index in [0.717, 1.165) is 23.7 Å². The summed E-state index contributed by atoms with van der Waals surface area (Å²) in [5.41, 5.74) is 19.3. The Morgan fingerprint density at radius 3 is 1.23 bits per heavy atom. The highest BCUT2D eigenvalue weighted by molar-refractivity contribution is 9.10. The highest BCUT2D eigenvalue weighted by atomic mass is 79.9. The van der Waals surface area contributed by atoms with E-state index < -0.39 is 0 Å². The third kappa shape index (κ3) is 9.40. The van der Waals surface area contributed by atoms with Crippen molar-refractivity contribution in [3.63, 3.8) is 0 Å². The molecule has 1 atom stereocenters. The van der Waals surface area contributed by atoms with Crippen molar-refractivity contribution in [2.45, 2.75) is 225 Å². The number of unbranched alkanes of at least 4 members (excludes halogenated alkanes) is 10. The van der Waals surface area contributed by atoms with Crippen molar-refractivity contribution in [3.05, 3.63) is 159 Å². The largest absolute Gasteiger partial charge is 0.311 e. The maximum Gasteiger partial charge on any atom is 0.0465 e. The van der Waals surface area contributed by atoms with Crippen molar-refractivity contribution in [3.8, 4) is 11.1 Å². The molecule has 0 heterocycles. The van der Waals surface area contributed by atoms with Gasteiger partial charge in [0.2, 0.25) is 0 Å². The summed E-state index contributed by atoms with van der Waals surface area (Å²) in [4.78, 5) is 5.51. The molecule has 9 rings (SSSR count). The minimum absolute atomic E-state index is 0.000733. The second-order valence-corrected chi connectivity index (χ2v) is 28.8. The van der Waals surface area contributed by atoms with Crippen molar-refractivity contribution in [1.29, 1.82) is 0 Å². The van der Waals surface area contributed by atoms with Gasteiger partial charge in [0.1, 0.15) is 0 Å². The summed E-state index contributed by atoms with van der Waals surface area (Å²) in [5.74, 6) is 0. The first-order valence-electron chi connectivity index (χ1n) is 29.5. The lowest BCUT2D eigenvalue weighted by molar-refractivity contribution is 0.125. The zero-order valence-corrected chi connectivity index (χ0v) is 52.0. The molecule has 0 bridgehead atoms. The third-order valence-corrected chi connectivity index (χ3v) is 22.8. The summed E-state index contributed by atoms with van der Waals surface area (Å²) in [7, 11) is 0. The molecule has 0 amide bonds. The Balaban J connectivity index is 1.23. The van der Waals surface area contributed by atoms with E-state index in [9.17, 15) is 0 Å². The summed E-state index contributed by atoms with van der Waals surface area (Å²) in [6.45, 7) is 34.3. The predicted molar refractivity (Wildman–Crippen MR) is 334 cm³/mol. The molecular formula is C71H92Br2N2. The molecule has 2 nitrogen and oxygen atoms in total. The monoisotopic (exact) mass is 1130 g/mol. The Hall–Kier alpha value is -3.86. The van der Waals surface area contributed by atoms with Gasteiger partial charge in [-0.15, -0.1) is 0 Å². The minimum atomic E-state index is -0.136. The number of hydrogen-bond donors (Lipinski definition) is 0. The summed E-state index contributed by atoms with van der Waals surface area (Å²) in [6.07, 6.45) is 25.9. The Bertz CT molecular complexity index is 2920. The molecule has 0 radical (unpaired) electrons. The van der Waals surface area contributed by atoms with Crippen LogP contribution in [0.15, 0.2) is 125 Å². The summed E-state index contributed by atoms with van der Waals surface area (Å²) in [6, 6.07) is 39.1. The number of fused-ring (bicyclic) bond motifs is 5. The molecule has 75 heavy (non-hydrogen) atoms. The number of hydrogen-bond acceptors (Lipinski definition) is 2. The van der Waals surface area contributed by atoms with Crippen LogP contribution in [0.25, 0.3) is 11.1 Å². The van der Waals surface area contributed by atoms with Crippen molar-refractivity contribution >= 4 is 60.3 Å². The maximum atomic E-state index is 3.94. The standard InChI is InChI=1S/C71H92Br2N2/c1-15-17-19-21-23-25-43-71(44-26-24-22-20-18-16-2)61-45-53(74(51-31-27-49(72)28-32-51)55-37-41-59-63(47-55)67(7,8)69(11,12)65(59,3)4)35-39-57(61)58-40-36-54(46-62(58)71)75(52-33-29-50(73)30-34-52)56-38-42-60-64(48-56)68(9,10)70(13,14)66(60,5)6/h27-29,31-42,45-48,50H,15-26,30,43-44H2,1-14H3. The van der Waals surface area contributed by atoms with E-state index in [4.69, 9.17) is 0 Å². The fourth-order valence-corrected chi connectivity index (χ4v) is 15.0. The molecule has 0 saturated heterocycles. The average molecular weight is 1130 g/mol. The van der Waals surface area contributed by atoms with Gasteiger partial charge in [-0.3, -0.25) is 0 Å². The Kier molecular flexibility index (Phi) is 15.7. The normalized spacial score (nSPS) is 20.3. The molecule has 0 aliphatic heterocycles. The zero-order valence-electron chi connectivity index (χ0n) is 48.8. The molecule has 1 unspecified atom stereocenters. The Labute approximate surface area is 472 Å². The van der Waals surface area contributed by atoms with Crippen molar-refractivity contribution in [1.82, 2.24) is 0 Å². The maximum absolute atomic E-state index is 3.94. The lowest BCUT2D eigenvalue weighted by Gasteiger charge is -2.44. The lowest BCUT2D eigenvalue weighted by atomic mass is 9.59. The van der Waals surface area contributed by atoms with E-state index in [1.807, 2.05) is 0 Å². The number of benzene rings is 5. The van der Waals surface area contributed by atoms with Crippen LogP contribution in [0.5, 0.6) is 0 Å². The van der Waals surface area contributed by atoms with Crippen LogP contribution in [-0.2, 0) is 27.1 Å². The highest BCUT2D eigenvalue weighted by Crippen LogP contribution is 2.64. The van der Waals surface area contributed by atoms with Crippen LogP contribution >= 0.6 is 31.9 Å². The minimum Gasteiger partial charge on any atom is -0.311 e. The molecule has 4 aliphatic carbocycles. The first-order valence-corrected chi connectivity index (χ1v) is 31.2. The highest BCUT2D eigenvalue weighted by Gasteiger charge is 2.58. The van der Waals surface area contributed by atoms with Gasteiger partial charge >= 0.3 is 0 Å². The van der Waals surface area contributed by atoms with Crippen LogP contribution in [0.1, 0.15) is 227 Å². The fourth-order valence-electron chi connectivity index (χ4n) is 14.4. The van der Waals surface area contributed by atoms with Crippen LogP contribution in [0, 0.1) is 10.8 Å². The fraction of sp³-hybridized carbons (Fsp3) is 0.521. The van der Waals surface area contributed by atoms with Crippen molar-refractivity contribution in [2.75, 3.05) is 9.80 Å². The average Bonchev–Trinajstić information content (AvgIpc) is 3.75. The number of rotatable bonds is 20. The molecule has 0 aromatic heterocycles. The molecule has 0 spiro atoms. The second kappa shape index (κ2) is 21.1. The number of alkyl halides is 1. The third-order valence-electron chi connectivity index (χ3n) is 21.6. The van der Waals surface area contributed by atoms with Gasteiger partial charge in [0.25, 0.3) is 0 Å². The van der Waals surface area contributed by atoms with Crippen LogP contribution in [0.4, 0.5) is 28.4 Å². The molecule has 0 fully saturated rings. The number of anilines is 5. The number of allylic oxidation sites excluding steroid dienone is 3. The van der Waals surface area contributed by atoms with E-state index in [0.29, 0.717) is 4.83 Å². The quantitative estimate of drug-likeness (QED) is 0.0566. The van der Waals surface area contributed by atoms with Gasteiger partial charge in [-0.05, 0) is 175 Å². The smallest absolute Gasteiger partial charge is 0.0465 e. The van der Waals surface area contributed by atoms with Gasteiger partial charge in [0, 0.05) is 48.8 Å². The van der Waals surface area contributed by atoms with Gasteiger partial charge < -0.3 is 9.80 Å². The molecule has 0 saturated carbocycles. The molecule has 4 aliphatic rings. The first kappa shape index (κ1) is 55.9. The SMILES string of the molecule is CCCCCCCCC1(CCCCCCCC)c2cc(N(C3=CCC(Br)C=C3)c3ccc4c(c3)C(C)(C)C(C)(C)C4(C)C)ccc2-c2ccc(N(c3ccc(Br)cc3)c3ccc4c(c3)C(C)(C)C(C)(C)C4(C)C)cc21. The van der Waals surface area contributed by atoms with Crippen LogP contribution < -0.4 is 9.80 Å². The molecule has 5 aromatic rings. The summed E-state index contributed by atoms with van der Waals surface area (Å²) >= 11 is 7.74. The number of nitrogens with zero attached hydrogens (tertiary/aromatic N) is 2. The topological polar surface area (TPSA) is 6.48 Å². The van der Waals surface area contributed by atoms with Gasteiger partial charge in [-0.25, -0.2) is 0 Å². The van der Waals surface area contributed by atoms with E-state index in [1.54, 1.807) is 0 Å². The van der Waals surface area contributed by atoms with Gasteiger partial charge in [0.05, 0.1) is 0 Å². The number of halogens is 2. The lowest BCUT2D eigenvalue weighted by Crippen LogP contribution is -2.42. The second-order valence-electron chi connectivity index (χ2n) is 26.7. The van der Waals surface area contributed by atoms with Crippen molar-refractivity contribution in [2.24, 2.45) is 10.8 Å². The first-order chi connectivity index (χ1) is 35.5. The molecule has 0 N–H and O–H groups in total. The zero-order chi connectivity index (χ0) is 53.9. The molecular weight excluding hydrogens is 1040 g/mol. The van der Waals surface area contributed by atoms with Crippen LogP contribution in [0.2, 0.25) is 0 Å². The summed E-state index contributed by atoms with van der Waals surface area (Å²) in [5, 5.41) is 0. The van der Waals surface area contributed by atoms with E-state index in [1.165, 1.54) is 156 Å². The van der Waals surface area contributed by atoms with Crippen LogP contribution in [0.3, 0.4) is 0 Å². The van der Waals surface area contributed by atoms with E-state index in [-0.39, 0.29) is 37.9 Å². The van der Waals surface area contributed by atoms with Gasteiger partial charge in [-0.2, -0.15) is 0 Å². The van der Waals surface area contributed by atoms with Gasteiger partial charge in [0.15, 0.2) is 0 Å². The summed E-state index contributed by atoms with van der Waals surface area (Å²) < 4.78 is 1.10. The predicted octanol–water partition coefficient (Wildman–Crippen LogP) is 22.6. The Morgan fingerprint density at radius 2 is 0.800 bits per heavy atom. The molecule has 400 valence electrons.